The van der Waals surface area contributed by atoms with Crippen LogP contribution in [0.3, 0.4) is 0 Å². The number of alkyl halides is 1. The van der Waals surface area contributed by atoms with Gasteiger partial charge >= 0.3 is 0 Å². The van der Waals surface area contributed by atoms with Gasteiger partial charge in [-0.1, -0.05) is 15.9 Å². The van der Waals surface area contributed by atoms with E-state index >= 15 is 0 Å². The van der Waals surface area contributed by atoms with Crippen molar-refractivity contribution in [3.05, 3.63) is 22.7 Å². The Hall–Kier alpha value is -0.740. The zero-order chi connectivity index (χ0) is 12.8. The molecule has 1 aromatic rings. The molecule has 3 nitrogen and oxygen atoms in total. The number of amides is 1. The maximum atomic E-state index is 11.7. The Labute approximate surface area is 115 Å². The maximum Gasteiger partial charge on any atom is 0.224 e. The van der Waals surface area contributed by atoms with E-state index in [0.717, 1.165) is 15.8 Å². The van der Waals surface area contributed by atoms with Crippen molar-refractivity contribution in [3.63, 3.8) is 0 Å². The predicted molar refractivity (Wildman–Crippen MR) is 77.1 cm³/mol. The lowest BCUT2D eigenvalue weighted by Crippen LogP contribution is -2.16. The van der Waals surface area contributed by atoms with E-state index in [1.807, 2.05) is 37.2 Å². The molecule has 5 heteroatoms. The minimum Gasteiger partial charge on any atom is -0.376 e. The Balaban J connectivity index is 2.81. The molecule has 0 unspecified atom stereocenters. The van der Waals surface area contributed by atoms with E-state index in [4.69, 9.17) is 11.6 Å². The zero-order valence-corrected chi connectivity index (χ0v) is 12.3. The van der Waals surface area contributed by atoms with Gasteiger partial charge in [0.25, 0.3) is 0 Å². The fourth-order valence-electron chi connectivity index (χ4n) is 1.44. The van der Waals surface area contributed by atoms with E-state index in [0.29, 0.717) is 18.7 Å². The number of nitrogens with one attached hydrogen (secondary N) is 1. The summed E-state index contributed by atoms with van der Waals surface area (Å²) in [4.78, 5) is 13.6. The van der Waals surface area contributed by atoms with E-state index in [1.165, 1.54) is 0 Å². The smallest absolute Gasteiger partial charge is 0.224 e. The molecule has 0 aliphatic carbocycles. The Morgan fingerprint density at radius 3 is 2.76 bits per heavy atom. The molecule has 0 saturated heterocycles. The largest absolute Gasteiger partial charge is 0.376 e. The molecule has 1 rings (SSSR count). The van der Waals surface area contributed by atoms with Crippen LogP contribution in [0.15, 0.2) is 22.7 Å². The summed E-state index contributed by atoms with van der Waals surface area (Å²) < 4.78 is 0.941. The highest BCUT2D eigenvalue weighted by Crippen LogP contribution is 2.28. The second-order valence-corrected chi connectivity index (χ2v) is 5.19. The lowest BCUT2D eigenvalue weighted by atomic mass is 10.2. The lowest BCUT2D eigenvalue weighted by molar-refractivity contribution is -0.116. The van der Waals surface area contributed by atoms with Crippen molar-refractivity contribution in [1.29, 1.82) is 0 Å². The molecular formula is C12H16BrClN2O. The van der Waals surface area contributed by atoms with Crippen LogP contribution in [0.25, 0.3) is 0 Å². The van der Waals surface area contributed by atoms with Crippen LogP contribution in [0.4, 0.5) is 11.4 Å². The molecule has 0 fully saturated rings. The van der Waals surface area contributed by atoms with Gasteiger partial charge in [0.2, 0.25) is 5.91 Å². The Kier molecular flexibility index (Phi) is 5.78. The van der Waals surface area contributed by atoms with E-state index in [-0.39, 0.29) is 5.91 Å². The van der Waals surface area contributed by atoms with Gasteiger partial charge in [-0.15, -0.1) is 11.6 Å². The van der Waals surface area contributed by atoms with Crippen molar-refractivity contribution < 1.29 is 4.79 Å². The van der Waals surface area contributed by atoms with E-state index in [9.17, 15) is 4.79 Å². The first-order valence-electron chi connectivity index (χ1n) is 5.37. The third-order valence-corrected chi connectivity index (χ3v) is 3.01. The summed E-state index contributed by atoms with van der Waals surface area (Å²) in [5.74, 6) is 0.499. The van der Waals surface area contributed by atoms with Crippen LogP contribution in [0.2, 0.25) is 0 Å². The average Bonchev–Trinajstić information content (AvgIpc) is 2.26. The number of benzene rings is 1. The molecule has 0 atom stereocenters. The predicted octanol–water partition coefficient (Wildman–Crippen LogP) is 3.47. The Bertz CT molecular complexity index is 396. The third kappa shape index (κ3) is 4.56. The van der Waals surface area contributed by atoms with Crippen LogP contribution in [0.1, 0.15) is 12.8 Å². The molecule has 0 bridgehead atoms. The molecule has 17 heavy (non-hydrogen) atoms. The number of hydrogen-bond donors (Lipinski definition) is 1. The summed E-state index contributed by atoms with van der Waals surface area (Å²) in [5, 5.41) is 2.90. The lowest BCUT2D eigenvalue weighted by Gasteiger charge is -2.18. The van der Waals surface area contributed by atoms with Crippen LogP contribution in [0.5, 0.6) is 0 Å². The Morgan fingerprint density at radius 2 is 2.18 bits per heavy atom. The molecular weight excluding hydrogens is 304 g/mol. The summed E-state index contributed by atoms with van der Waals surface area (Å²) in [6.45, 7) is 0. The summed E-state index contributed by atoms with van der Waals surface area (Å²) in [6.07, 6.45) is 1.14. The third-order valence-electron chi connectivity index (χ3n) is 2.25. The quantitative estimate of drug-likeness (QED) is 0.843. The normalized spacial score (nSPS) is 10.1. The molecule has 1 N–H and O–H groups in total. The number of rotatable bonds is 5. The van der Waals surface area contributed by atoms with E-state index in [1.54, 1.807) is 0 Å². The van der Waals surface area contributed by atoms with Crippen molar-refractivity contribution in [2.45, 2.75) is 12.8 Å². The van der Waals surface area contributed by atoms with Crippen LogP contribution < -0.4 is 10.2 Å². The summed E-state index contributed by atoms with van der Waals surface area (Å²) in [6, 6.07) is 5.80. The average molecular weight is 320 g/mol. The van der Waals surface area contributed by atoms with E-state index < -0.39 is 0 Å². The summed E-state index contributed by atoms with van der Waals surface area (Å²) in [7, 11) is 3.88. The first kappa shape index (κ1) is 14.3. The Morgan fingerprint density at radius 1 is 1.47 bits per heavy atom. The molecule has 0 radical (unpaired) electrons. The number of halogens is 2. The number of carbonyl (C=O) groups is 1. The number of hydrogen-bond acceptors (Lipinski definition) is 2. The number of nitrogens with zero attached hydrogens (tertiary/aromatic N) is 1. The van der Waals surface area contributed by atoms with Gasteiger partial charge in [-0.3, -0.25) is 4.79 Å². The van der Waals surface area contributed by atoms with Crippen molar-refractivity contribution in [1.82, 2.24) is 0 Å². The standard InChI is InChI=1S/C12H16BrClN2O/c1-16(2)11-6-5-9(13)8-10(11)15-12(17)4-3-7-14/h5-6,8H,3-4,7H2,1-2H3,(H,15,17). The van der Waals surface area contributed by atoms with Crippen LogP contribution in [-0.2, 0) is 4.79 Å². The second-order valence-electron chi connectivity index (χ2n) is 3.90. The maximum absolute atomic E-state index is 11.7. The zero-order valence-electron chi connectivity index (χ0n) is 9.96. The van der Waals surface area contributed by atoms with Gasteiger partial charge < -0.3 is 10.2 Å². The monoisotopic (exact) mass is 318 g/mol. The first-order valence-corrected chi connectivity index (χ1v) is 6.70. The van der Waals surface area contributed by atoms with E-state index in [2.05, 4.69) is 21.2 Å². The number of carbonyl (C=O) groups excluding carboxylic acids is 1. The van der Waals surface area contributed by atoms with Crippen molar-refractivity contribution >= 4 is 44.8 Å². The molecule has 94 valence electrons. The van der Waals surface area contributed by atoms with Crippen LogP contribution in [-0.4, -0.2) is 25.9 Å². The fraction of sp³-hybridized carbons (Fsp3) is 0.417. The minimum atomic E-state index is -0.00755. The van der Waals surface area contributed by atoms with Gasteiger partial charge in [-0.2, -0.15) is 0 Å². The van der Waals surface area contributed by atoms with Gasteiger partial charge in [0.05, 0.1) is 11.4 Å². The van der Waals surface area contributed by atoms with Gasteiger partial charge in [-0.25, -0.2) is 0 Å². The molecule has 0 heterocycles. The summed E-state index contributed by atoms with van der Waals surface area (Å²) in [5.41, 5.74) is 1.79. The van der Waals surface area contributed by atoms with Crippen molar-refractivity contribution in [2.24, 2.45) is 0 Å². The topological polar surface area (TPSA) is 32.3 Å². The first-order chi connectivity index (χ1) is 8.04. The highest BCUT2D eigenvalue weighted by atomic mass is 79.9. The molecule has 0 spiro atoms. The van der Waals surface area contributed by atoms with Gasteiger partial charge in [0, 0.05) is 30.9 Å². The highest BCUT2D eigenvalue weighted by Gasteiger charge is 2.08. The molecule has 0 aliphatic heterocycles. The van der Waals surface area contributed by atoms with Crippen LogP contribution in [0, 0.1) is 0 Å². The summed E-state index contributed by atoms with van der Waals surface area (Å²) >= 11 is 8.96. The molecule has 1 aromatic carbocycles. The SMILES string of the molecule is CN(C)c1ccc(Br)cc1NC(=O)CCCCl. The van der Waals surface area contributed by atoms with Gasteiger partial charge in [-0.05, 0) is 24.6 Å². The second kappa shape index (κ2) is 6.87. The molecule has 0 saturated carbocycles. The van der Waals surface area contributed by atoms with Crippen molar-refractivity contribution in [2.75, 3.05) is 30.2 Å². The minimum absolute atomic E-state index is 0.00755. The molecule has 1 amide bonds. The fourth-order valence-corrected chi connectivity index (χ4v) is 1.93. The van der Waals surface area contributed by atoms with Gasteiger partial charge in [0.1, 0.15) is 0 Å². The van der Waals surface area contributed by atoms with Crippen molar-refractivity contribution in [3.8, 4) is 0 Å². The highest BCUT2D eigenvalue weighted by molar-refractivity contribution is 9.10. The van der Waals surface area contributed by atoms with Gasteiger partial charge in [0.15, 0.2) is 0 Å². The number of anilines is 2. The molecule has 0 aliphatic rings. The van der Waals surface area contributed by atoms with Crippen LogP contribution >= 0.6 is 27.5 Å². The molecule has 0 aromatic heterocycles.